The number of hydrogen-bond donors (Lipinski definition) is 0. The lowest BCUT2D eigenvalue weighted by molar-refractivity contribution is 0.00621. The van der Waals surface area contributed by atoms with E-state index in [9.17, 15) is 4.79 Å². The monoisotopic (exact) mass is 420 g/mol. The molecule has 0 spiro atoms. The van der Waals surface area contributed by atoms with E-state index in [0.29, 0.717) is 5.69 Å². The molecule has 0 radical (unpaired) electrons. The van der Waals surface area contributed by atoms with Crippen LogP contribution in [0.4, 0.5) is 0 Å². The Kier molecular flexibility index (Phi) is 6.52. The quantitative estimate of drug-likeness (QED) is 0.357. The molecular weight excluding hydrogens is 392 g/mol. The summed E-state index contributed by atoms with van der Waals surface area (Å²) in [5.74, 6) is -0.424. The smallest absolute Gasteiger partial charge is 0.360 e. The van der Waals surface area contributed by atoms with Gasteiger partial charge in [0.05, 0.1) is 5.69 Å². The standard InChI is InChI=1S/C25H28N2O2S/c1-17-7-11-19(12-8-17)13-16-21-22(24(28)29-25(3,4)5)26-27(23(21)30-6)20-14-9-18(2)10-15-20/h7-16H,1-6H3/b16-13+. The first-order valence-electron chi connectivity index (χ1n) is 9.90. The van der Waals surface area contributed by atoms with Gasteiger partial charge in [0, 0.05) is 5.56 Å². The first-order chi connectivity index (χ1) is 14.2. The topological polar surface area (TPSA) is 44.1 Å². The van der Waals surface area contributed by atoms with E-state index in [4.69, 9.17) is 4.74 Å². The third-order valence-corrected chi connectivity index (χ3v) is 5.24. The van der Waals surface area contributed by atoms with Gasteiger partial charge < -0.3 is 4.74 Å². The fourth-order valence-electron chi connectivity index (χ4n) is 2.96. The van der Waals surface area contributed by atoms with Crippen LogP contribution < -0.4 is 0 Å². The molecule has 0 aliphatic rings. The predicted molar refractivity (Wildman–Crippen MR) is 125 cm³/mol. The second-order valence-electron chi connectivity index (χ2n) is 8.26. The first-order valence-corrected chi connectivity index (χ1v) is 11.1. The summed E-state index contributed by atoms with van der Waals surface area (Å²) in [6, 6.07) is 16.3. The molecule has 0 saturated heterocycles. The number of thioether (sulfide) groups is 1. The minimum absolute atomic E-state index is 0.318. The first kappa shape index (κ1) is 21.9. The number of rotatable bonds is 5. The average Bonchev–Trinajstić information content (AvgIpc) is 3.05. The number of hydrogen-bond acceptors (Lipinski definition) is 4. The maximum atomic E-state index is 13.0. The molecule has 4 nitrogen and oxygen atoms in total. The molecule has 2 aromatic carbocycles. The molecule has 0 aliphatic heterocycles. The molecular formula is C25H28N2O2S. The number of aromatic nitrogens is 2. The highest BCUT2D eigenvalue weighted by Gasteiger charge is 2.26. The molecule has 1 heterocycles. The summed E-state index contributed by atoms with van der Waals surface area (Å²) in [6.07, 6.45) is 5.95. The lowest BCUT2D eigenvalue weighted by Gasteiger charge is -2.18. The van der Waals surface area contributed by atoms with Crippen molar-refractivity contribution in [3.05, 3.63) is 76.5 Å². The van der Waals surface area contributed by atoms with Crippen molar-refractivity contribution in [2.75, 3.05) is 6.26 Å². The Balaban J connectivity index is 2.12. The lowest BCUT2D eigenvalue weighted by atomic mass is 10.1. The minimum atomic E-state index is -0.595. The number of carbonyl (C=O) groups is 1. The second kappa shape index (κ2) is 8.92. The van der Waals surface area contributed by atoms with Crippen molar-refractivity contribution in [2.45, 2.75) is 45.2 Å². The summed E-state index contributed by atoms with van der Waals surface area (Å²) < 4.78 is 7.46. The van der Waals surface area contributed by atoms with Crippen LogP contribution in [0.3, 0.4) is 0 Å². The van der Waals surface area contributed by atoms with Gasteiger partial charge in [0.25, 0.3) is 0 Å². The maximum Gasteiger partial charge on any atom is 0.360 e. The number of benzene rings is 2. The van der Waals surface area contributed by atoms with Crippen molar-refractivity contribution in [1.29, 1.82) is 0 Å². The van der Waals surface area contributed by atoms with E-state index in [1.807, 2.05) is 75.1 Å². The van der Waals surface area contributed by atoms with Gasteiger partial charge in [-0.3, -0.25) is 0 Å². The molecule has 0 atom stereocenters. The van der Waals surface area contributed by atoms with Gasteiger partial charge in [0.15, 0.2) is 5.69 Å². The van der Waals surface area contributed by atoms with E-state index < -0.39 is 11.6 Å². The molecule has 1 aromatic heterocycles. The zero-order valence-electron chi connectivity index (χ0n) is 18.4. The Hall–Kier alpha value is -2.79. The van der Waals surface area contributed by atoms with Crippen LogP contribution in [0.25, 0.3) is 17.8 Å². The molecule has 0 unspecified atom stereocenters. The molecule has 0 aliphatic carbocycles. The maximum absolute atomic E-state index is 13.0. The zero-order chi connectivity index (χ0) is 21.9. The summed E-state index contributed by atoms with van der Waals surface area (Å²) in [7, 11) is 0. The van der Waals surface area contributed by atoms with Crippen molar-refractivity contribution in [2.24, 2.45) is 0 Å². The third kappa shape index (κ3) is 5.22. The van der Waals surface area contributed by atoms with Crippen LogP contribution in [0.2, 0.25) is 0 Å². The lowest BCUT2D eigenvalue weighted by Crippen LogP contribution is -2.24. The van der Waals surface area contributed by atoms with E-state index in [0.717, 1.165) is 21.8 Å². The molecule has 3 aromatic rings. The van der Waals surface area contributed by atoms with Gasteiger partial charge in [0.2, 0.25) is 0 Å². The van der Waals surface area contributed by atoms with Crippen LogP contribution in [0.1, 0.15) is 53.5 Å². The summed E-state index contributed by atoms with van der Waals surface area (Å²) in [6.45, 7) is 9.69. The zero-order valence-corrected chi connectivity index (χ0v) is 19.2. The summed E-state index contributed by atoms with van der Waals surface area (Å²) in [4.78, 5) is 13.0. The molecule has 3 rings (SSSR count). The van der Waals surface area contributed by atoms with Crippen LogP contribution in [0.5, 0.6) is 0 Å². The van der Waals surface area contributed by atoms with Crippen LogP contribution in [-0.4, -0.2) is 27.6 Å². The van der Waals surface area contributed by atoms with Gasteiger partial charge >= 0.3 is 5.97 Å². The molecule has 5 heteroatoms. The normalized spacial score (nSPS) is 11.8. The van der Waals surface area contributed by atoms with E-state index in [1.165, 1.54) is 11.1 Å². The van der Waals surface area contributed by atoms with Crippen LogP contribution >= 0.6 is 11.8 Å². The highest BCUT2D eigenvalue weighted by atomic mass is 32.2. The molecule has 0 amide bonds. The highest BCUT2D eigenvalue weighted by molar-refractivity contribution is 7.98. The Labute approximate surface area is 183 Å². The average molecular weight is 421 g/mol. The molecule has 0 fully saturated rings. The van der Waals surface area contributed by atoms with Crippen molar-refractivity contribution < 1.29 is 9.53 Å². The van der Waals surface area contributed by atoms with Gasteiger partial charge in [-0.05, 0) is 64.6 Å². The number of aryl methyl sites for hydroxylation is 2. The van der Waals surface area contributed by atoms with Gasteiger partial charge in [-0.15, -0.1) is 11.8 Å². The number of ether oxygens (including phenoxy) is 1. The molecule has 156 valence electrons. The Morgan fingerprint density at radius 1 is 0.967 bits per heavy atom. The third-order valence-electron chi connectivity index (χ3n) is 4.46. The molecule has 0 bridgehead atoms. The van der Waals surface area contributed by atoms with Crippen molar-refractivity contribution >= 4 is 29.9 Å². The van der Waals surface area contributed by atoms with E-state index >= 15 is 0 Å². The van der Waals surface area contributed by atoms with Gasteiger partial charge in [0.1, 0.15) is 10.6 Å². The fourth-order valence-corrected chi connectivity index (χ4v) is 3.66. The summed E-state index contributed by atoms with van der Waals surface area (Å²) >= 11 is 1.56. The Morgan fingerprint density at radius 3 is 2.07 bits per heavy atom. The summed E-state index contributed by atoms with van der Waals surface area (Å²) in [5.41, 5.74) is 4.83. The second-order valence-corrected chi connectivity index (χ2v) is 9.06. The van der Waals surface area contributed by atoms with Crippen molar-refractivity contribution in [1.82, 2.24) is 9.78 Å². The number of nitrogens with zero attached hydrogens (tertiary/aromatic N) is 2. The number of carbonyl (C=O) groups excluding carboxylic acids is 1. The molecule has 0 N–H and O–H groups in total. The van der Waals surface area contributed by atoms with Crippen LogP contribution in [0.15, 0.2) is 53.6 Å². The van der Waals surface area contributed by atoms with E-state index in [1.54, 1.807) is 11.8 Å². The van der Waals surface area contributed by atoms with E-state index in [2.05, 4.69) is 36.3 Å². The van der Waals surface area contributed by atoms with Gasteiger partial charge in [-0.2, -0.15) is 5.10 Å². The molecule has 0 saturated carbocycles. The molecule has 30 heavy (non-hydrogen) atoms. The SMILES string of the molecule is CSc1c(/C=C/c2ccc(C)cc2)c(C(=O)OC(C)(C)C)nn1-c1ccc(C)cc1. The summed E-state index contributed by atoms with van der Waals surface area (Å²) in [5, 5.41) is 5.55. The fraction of sp³-hybridized carbons (Fsp3) is 0.280. The van der Waals surface area contributed by atoms with Gasteiger partial charge in [-0.1, -0.05) is 53.6 Å². The highest BCUT2D eigenvalue weighted by Crippen LogP contribution is 2.30. The van der Waals surface area contributed by atoms with Gasteiger partial charge in [-0.25, -0.2) is 9.48 Å². The van der Waals surface area contributed by atoms with E-state index in [-0.39, 0.29) is 0 Å². The van der Waals surface area contributed by atoms with Crippen molar-refractivity contribution in [3.8, 4) is 5.69 Å². The largest absolute Gasteiger partial charge is 0.455 e. The minimum Gasteiger partial charge on any atom is -0.455 e. The van der Waals surface area contributed by atoms with Crippen LogP contribution in [0, 0.1) is 13.8 Å². The Morgan fingerprint density at radius 2 is 1.53 bits per heavy atom. The number of esters is 1. The predicted octanol–water partition coefficient (Wildman–Crippen LogP) is 6.34. The van der Waals surface area contributed by atoms with Crippen LogP contribution in [-0.2, 0) is 4.74 Å². The Bertz CT molecular complexity index is 1060. The van der Waals surface area contributed by atoms with Crippen molar-refractivity contribution in [3.63, 3.8) is 0 Å².